The monoisotopic (exact) mass is 451 g/mol. The molecule has 2 aromatic carbocycles. The van der Waals surface area contributed by atoms with Gasteiger partial charge in [0.05, 0.1) is 35.5 Å². The topological polar surface area (TPSA) is 73.2 Å². The summed E-state index contributed by atoms with van der Waals surface area (Å²) in [6.45, 7) is 1.95. The van der Waals surface area contributed by atoms with E-state index in [4.69, 9.17) is 4.74 Å². The number of para-hydroxylation sites is 1. The number of methoxy groups -OCH3 is 1. The quantitative estimate of drug-likeness (QED) is 0.333. The number of nitrogens with one attached hydrogen (secondary N) is 1. The van der Waals surface area contributed by atoms with Crippen LogP contribution in [0.25, 0.3) is 16.6 Å². The number of benzene rings is 2. The van der Waals surface area contributed by atoms with Crippen molar-refractivity contribution in [2.75, 3.05) is 12.9 Å². The molecule has 0 spiro atoms. The first-order valence-corrected chi connectivity index (χ1v) is 11.5. The number of rotatable bonds is 7. The number of aromatic nitrogens is 2. The first-order chi connectivity index (χ1) is 15.1. The van der Waals surface area contributed by atoms with Gasteiger partial charge < -0.3 is 10.1 Å². The molecule has 8 heteroatoms. The molecule has 158 valence electrons. The van der Waals surface area contributed by atoms with Crippen molar-refractivity contribution in [1.82, 2.24) is 14.9 Å². The highest BCUT2D eigenvalue weighted by Crippen LogP contribution is 2.24. The minimum atomic E-state index is -0.186. The van der Waals surface area contributed by atoms with Gasteiger partial charge >= 0.3 is 0 Å². The molecule has 0 saturated heterocycles. The van der Waals surface area contributed by atoms with Crippen LogP contribution in [0.1, 0.15) is 17.8 Å². The fourth-order valence-electron chi connectivity index (χ4n) is 3.21. The summed E-state index contributed by atoms with van der Waals surface area (Å²) in [6, 6.07) is 18.3. The van der Waals surface area contributed by atoms with Crippen LogP contribution in [0.15, 0.2) is 76.0 Å². The van der Waals surface area contributed by atoms with Crippen LogP contribution in [0.4, 0.5) is 0 Å². The zero-order valence-corrected chi connectivity index (χ0v) is 18.7. The summed E-state index contributed by atoms with van der Waals surface area (Å²) in [6.07, 6.45) is 0. The van der Waals surface area contributed by atoms with E-state index in [9.17, 15) is 9.59 Å². The smallest absolute Gasteiger partial charge is 0.266 e. The maximum atomic E-state index is 13.3. The van der Waals surface area contributed by atoms with Crippen LogP contribution >= 0.6 is 23.1 Å². The van der Waals surface area contributed by atoms with E-state index in [1.807, 2.05) is 54.8 Å². The summed E-state index contributed by atoms with van der Waals surface area (Å²) in [7, 11) is 1.58. The Morgan fingerprint density at radius 2 is 2.03 bits per heavy atom. The molecule has 6 nitrogen and oxygen atoms in total. The summed E-state index contributed by atoms with van der Waals surface area (Å²) in [5.41, 5.74) is 1.05. The molecule has 0 bridgehead atoms. The molecule has 0 aliphatic carbocycles. The van der Waals surface area contributed by atoms with Crippen LogP contribution in [0, 0.1) is 0 Å². The van der Waals surface area contributed by atoms with E-state index in [2.05, 4.69) is 10.3 Å². The third kappa shape index (κ3) is 4.65. The van der Waals surface area contributed by atoms with E-state index < -0.39 is 0 Å². The Bertz CT molecular complexity index is 1270. The molecule has 0 aliphatic heterocycles. The maximum Gasteiger partial charge on any atom is 0.266 e. The van der Waals surface area contributed by atoms with Gasteiger partial charge in [0, 0.05) is 10.9 Å². The second kappa shape index (κ2) is 9.36. The Morgan fingerprint density at radius 1 is 1.19 bits per heavy atom. The largest absolute Gasteiger partial charge is 0.497 e. The number of carbonyl (C=O) groups excluding carboxylic acids is 1. The van der Waals surface area contributed by atoms with Crippen molar-refractivity contribution in [3.05, 3.63) is 81.3 Å². The molecule has 1 unspecified atom stereocenters. The summed E-state index contributed by atoms with van der Waals surface area (Å²) in [4.78, 5) is 31.6. The van der Waals surface area contributed by atoms with E-state index >= 15 is 0 Å². The molecule has 0 aliphatic rings. The normalized spacial score (nSPS) is 11.9. The molecule has 31 heavy (non-hydrogen) atoms. The SMILES string of the molecule is COc1cccc(-n2c(SCC(=O)NC(C)c3cccs3)nc3ccccc3c2=O)c1. The summed E-state index contributed by atoms with van der Waals surface area (Å²) in [5.74, 6) is 0.659. The van der Waals surface area contributed by atoms with Crippen molar-refractivity contribution in [3.8, 4) is 11.4 Å². The lowest BCUT2D eigenvalue weighted by Crippen LogP contribution is -2.28. The number of fused-ring (bicyclic) bond motifs is 1. The van der Waals surface area contributed by atoms with Crippen molar-refractivity contribution >= 4 is 39.9 Å². The number of hydrogen-bond donors (Lipinski definition) is 1. The lowest BCUT2D eigenvalue weighted by atomic mass is 10.2. The number of carbonyl (C=O) groups is 1. The molecular weight excluding hydrogens is 430 g/mol. The molecule has 2 heterocycles. The number of thioether (sulfide) groups is 1. The molecule has 2 aromatic heterocycles. The van der Waals surface area contributed by atoms with Gasteiger partial charge in [-0.3, -0.25) is 14.2 Å². The highest BCUT2D eigenvalue weighted by atomic mass is 32.2. The maximum absolute atomic E-state index is 13.3. The Morgan fingerprint density at radius 3 is 2.81 bits per heavy atom. The van der Waals surface area contributed by atoms with E-state index in [-0.39, 0.29) is 23.3 Å². The molecule has 1 atom stereocenters. The van der Waals surface area contributed by atoms with Gasteiger partial charge in [0.2, 0.25) is 5.91 Å². The minimum Gasteiger partial charge on any atom is -0.497 e. The highest BCUT2D eigenvalue weighted by Gasteiger charge is 2.16. The van der Waals surface area contributed by atoms with Gasteiger partial charge in [-0.05, 0) is 42.6 Å². The van der Waals surface area contributed by atoms with Gasteiger partial charge in [0.1, 0.15) is 5.75 Å². The Labute approximate surface area is 187 Å². The Balaban J connectivity index is 1.66. The second-order valence-electron chi connectivity index (χ2n) is 6.85. The molecule has 0 saturated carbocycles. The van der Waals surface area contributed by atoms with E-state index in [0.29, 0.717) is 27.5 Å². The molecule has 1 amide bonds. The summed E-state index contributed by atoms with van der Waals surface area (Å²) < 4.78 is 6.85. The predicted molar refractivity (Wildman–Crippen MR) is 125 cm³/mol. The van der Waals surface area contributed by atoms with Crippen LogP contribution in [0.3, 0.4) is 0 Å². The standard InChI is InChI=1S/C23H21N3O3S2/c1-15(20-11-6-12-30-20)24-21(27)14-31-23-25-19-10-4-3-9-18(19)22(28)26(23)16-7-5-8-17(13-16)29-2/h3-13,15H,14H2,1-2H3,(H,24,27). The van der Waals surface area contributed by atoms with E-state index in [1.54, 1.807) is 36.6 Å². The predicted octanol–water partition coefficient (Wildman–Crippen LogP) is 4.43. The second-order valence-corrected chi connectivity index (χ2v) is 8.77. The van der Waals surface area contributed by atoms with Crippen molar-refractivity contribution in [3.63, 3.8) is 0 Å². The van der Waals surface area contributed by atoms with Crippen LogP contribution in [0.2, 0.25) is 0 Å². The van der Waals surface area contributed by atoms with Crippen LogP contribution in [-0.2, 0) is 4.79 Å². The highest BCUT2D eigenvalue weighted by molar-refractivity contribution is 7.99. The number of nitrogens with zero attached hydrogens (tertiary/aromatic N) is 2. The molecule has 4 aromatic rings. The van der Waals surface area contributed by atoms with Crippen LogP contribution < -0.4 is 15.6 Å². The van der Waals surface area contributed by atoms with Crippen LogP contribution in [0.5, 0.6) is 5.75 Å². The average molecular weight is 452 g/mol. The van der Waals surface area contributed by atoms with Gasteiger partial charge in [-0.1, -0.05) is 36.0 Å². The fraction of sp³-hybridized carbons (Fsp3) is 0.174. The first kappa shape index (κ1) is 21.1. The van der Waals surface area contributed by atoms with Gasteiger partial charge in [-0.2, -0.15) is 0 Å². The van der Waals surface area contributed by atoms with E-state index in [1.165, 1.54) is 16.3 Å². The van der Waals surface area contributed by atoms with Crippen LogP contribution in [-0.4, -0.2) is 28.3 Å². The summed E-state index contributed by atoms with van der Waals surface area (Å²) in [5, 5.41) is 5.96. The Hall–Kier alpha value is -3.10. The number of ether oxygens (including phenoxy) is 1. The summed E-state index contributed by atoms with van der Waals surface area (Å²) >= 11 is 2.84. The first-order valence-electron chi connectivity index (χ1n) is 9.68. The lowest BCUT2D eigenvalue weighted by molar-refractivity contribution is -0.119. The molecule has 4 rings (SSSR count). The van der Waals surface area contributed by atoms with Crippen molar-refractivity contribution in [2.45, 2.75) is 18.1 Å². The lowest BCUT2D eigenvalue weighted by Gasteiger charge is -2.15. The van der Waals surface area contributed by atoms with Gasteiger partial charge in [0.15, 0.2) is 5.16 Å². The van der Waals surface area contributed by atoms with Gasteiger partial charge in [-0.25, -0.2) is 4.98 Å². The van der Waals surface area contributed by atoms with Gasteiger partial charge in [0.25, 0.3) is 5.56 Å². The minimum absolute atomic E-state index is 0.0711. The van der Waals surface area contributed by atoms with Crippen molar-refractivity contribution in [2.24, 2.45) is 0 Å². The van der Waals surface area contributed by atoms with Crippen molar-refractivity contribution < 1.29 is 9.53 Å². The average Bonchev–Trinajstić information content (AvgIpc) is 3.33. The van der Waals surface area contributed by atoms with E-state index in [0.717, 1.165) is 4.88 Å². The third-order valence-electron chi connectivity index (χ3n) is 4.74. The third-order valence-corrected chi connectivity index (χ3v) is 6.73. The zero-order valence-electron chi connectivity index (χ0n) is 17.1. The fourth-order valence-corrected chi connectivity index (χ4v) is 4.77. The Kier molecular flexibility index (Phi) is 6.39. The number of thiophene rings is 1. The molecule has 1 N–H and O–H groups in total. The van der Waals surface area contributed by atoms with Crippen molar-refractivity contribution in [1.29, 1.82) is 0 Å². The zero-order chi connectivity index (χ0) is 21.8. The van der Waals surface area contributed by atoms with Gasteiger partial charge in [-0.15, -0.1) is 11.3 Å². The number of hydrogen-bond acceptors (Lipinski definition) is 6. The number of amides is 1. The molecule has 0 radical (unpaired) electrons. The molecular formula is C23H21N3O3S2. The molecule has 0 fully saturated rings.